The van der Waals surface area contributed by atoms with Crippen LogP contribution in [0.4, 0.5) is 5.69 Å². The predicted molar refractivity (Wildman–Crippen MR) is 119 cm³/mol. The third-order valence-electron chi connectivity index (χ3n) is 4.57. The molecule has 0 radical (unpaired) electrons. The molecule has 0 fully saturated rings. The number of aliphatic hydroxyl groups excluding tert-OH is 1. The molecule has 2 unspecified atom stereocenters. The minimum Gasteiger partial charge on any atom is -0.771 e. The second-order valence-electron chi connectivity index (χ2n) is 6.79. The quantitative estimate of drug-likeness (QED) is 0.371. The lowest BCUT2D eigenvalue weighted by atomic mass is 10.1. The monoisotopic (exact) mass is 444 g/mol. The van der Waals surface area contributed by atoms with Crippen LogP contribution in [0.2, 0.25) is 0 Å². The Hall–Kier alpha value is -2.38. The van der Waals surface area contributed by atoms with Gasteiger partial charge in [-0.05, 0) is 39.9 Å². The molecule has 0 aliphatic rings. The van der Waals surface area contributed by atoms with E-state index in [4.69, 9.17) is 16.3 Å². The van der Waals surface area contributed by atoms with E-state index in [9.17, 15) is 13.9 Å². The summed E-state index contributed by atoms with van der Waals surface area (Å²) in [6, 6.07) is 24.5. The van der Waals surface area contributed by atoms with E-state index in [1.54, 1.807) is 23.1 Å². The van der Waals surface area contributed by atoms with Crippen molar-refractivity contribution in [3.63, 3.8) is 0 Å². The first-order valence-electron chi connectivity index (χ1n) is 9.46. The van der Waals surface area contributed by atoms with Crippen LogP contribution in [0.15, 0.2) is 78.9 Å². The number of aliphatic hydroxyl groups is 1. The number of alkyl halides is 1. The smallest absolute Gasteiger partial charge is 0.143 e. The summed E-state index contributed by atoms with van der Waals surface area (Å²) in [6.45, 7) is 0.710. The first kappa shape index (κ1) is 22.3. The first-order valence-corrected chi connectivity index (χ1v) is 11.2. The first-order chi connectivity index (χ1) is 14.6. The van der Waals surface area contributed by atoms with Crippen molar-refractivity contribution < 1.29 is 18.6 Å². The van der Waals surface area contributed by atoms with Crippen molar-refractivity contribution in [2.24, 2.45) is 0 Å². The maximum Gasteiger partial charge on any atom is 0.143 e. The van der Waals surface area contributed by atoms with Gasteiger partial charge in [0, 0.05) is 6.54 Å². The van der Waals surface area contributed by atoms with Gasteiger partial charge >= 0.3 is 0 Å². The maximum atomic E-state index is 11.6. The van der Waals surface area contributed by atoms with Crippen LogP contribution in [-0.4, -0.2) is 25.6 Å². The van der Waals surface area contributed by atoms with Gasteiger partial charge in [0.15, 0.2) is 0 Å². The highest BCUT2D eigenvalue weighted by Gasteiger charge is 2.17. The van der Waals surface area contributed by atoms with Crippen molar-refractivity contribution >= 4 is 28.4 Å². The van der Waals surface area contributed by atoms with Crippen molar-refractivity contribution in [2.45, 2.75) is 19.3 Å². The highest BCUT2D eigenvalue weighted by Crippen LogP contribution is 2.34. The number of ether oxygens (including phenoxy) is 1. The molecule has 7 heteroatoms. The highest BCUT2D eigenvalue weighted by molar-refractivity contribution is 7.79. The van der Waals surface area contributed by atoms with Crippen molar-refractivity contribution in [3.8, 4) is 5.75 Å². The third-order valence-corrected chi connectivity index (χ3v) is 5.38. The van der Waals surface area contributed by atoms with Crippen LogP contribution < -0.4 is 9.64 Å². The summed E-state index contributed by atoms with van der Waals surface area (Å²) in [5, 5.41) is 10.2. The van der Waals surface area contributed by atoms with Crippen LogP contribution >= 0.6 is 11.6 Å². The van der Waals surface area contributed by atoms with Crippen LogP contribution in [0, 0.1) is 0 Å². The molecule has 0 aliphatic carbocycles. The molecule has 30 heavy (non-hydrogen) atoms. The number of benzene rings is 3. The fourth-order valence-corrected chi connectivity index (χ4v) is 3.73. The maximum absolute atomic E-state index is 11.6. The fourth-order valence-electron chi connectivity index (χ4n) is 3.07. The summed E-state index contributed by atoms with van der Waals surface area (Å²) < 4.78 is 29.2. The van der Waals surface area contributed by atoms with E-state index >= 15 is 0 Å². The standard InChI is InChI=1S/C23H24ClNO4S/c24-14-22(26)20-11-12-23(29-16-19-9-5-2-6-10-19)21(13-20)25(17-30(27)28)15-18-7-3-1-4-8-18/h1-13,22,26H,14-17H2,(H,27,28)/p-1. The minimum absolute atomic E-state index is 0.0375. The van der Waals surface area contributed by atoms with Gasteiger partial charge in [0.1, 0.15) is 12.4 Å². The topological polar surface area (TPSA) is 72.8 Å². The van der Waals surface area contributed by atoms with Gasteiger partial charge < -0.3 is 19.3 Å². The molecule has 5 nitrogen and oxygen atoms in total. The zero-order valence-electron chi connectivity index (χ0n) is 16.3. The molecule has 0 heterocycles. The summed E-state index contributed by atoms with van der Waals surface area (Å²) in [6.07, 6.45) is -0.857. The largest absolute Gasteiger partial charge is 0.771 e. The van der Waals surface area contributed by atoms with Crippen molar-refractivity contribution in [3.05, 3.63) is 95.6 Å². The molecule has 3 aromatic carbocycles. The van der Waals surface area contributed by atoms with E-state index in [1.165, 1.54) is 0 Å². The molecule has 3 rings (SSSR count). The Labute approximate surface area is 184 Å². The van der Waals surface area contributed by atoms with E-state index < -0.39 is 17.2 Å². The summed E-state index contributed by atoms with van der Waals surface area (Å²) in [4.78, 5) is 1.71. The summed E-state index contributed by atoms with van der Waals surface area (Å²) in [7, 11) is 0. The van der Waals surface area contributed by atoms with Gasteiger partial charge in [-0.15, -0.1) is 11.6 Å². The Morgan fingerprint density at radius 1 is 1.00 bits per heavy atom. The molecular weight excluding hydrogens is 422 g/mol. The zero-order valence-corrected chi connectivity index (χ0v) is 17.9. The lowest BCUT2D eigenvalue weighted by Crippen LogP contribution is -2.27. The Bertz CT molecular complexity index is 956. The fraction of sp³-hybridized carbons (Fsp3) is 0.217. The summed E-state index contributed by atoms with van der Waals surface area (Å²) >= 11 is 3.51. The van der Waals surface area contributed by atoms with Crippen molar-refractivity contribution in [2.75, 3.05) is 16.7 Å². The van der Waals surface area contributed by atoms with Gasteiger partial charge in [-0.2, -0.15) is 0 Å². The average Bonchev–Trinajstić information content (AvgIpc) is 2.77. The predicted octanol–water partition coefficient (Wildman–Crippen LogP) is 4.38. The van der Waals surface area contributed by atoms with Gasteiger partial charge in [0.2, 0.25) is 0 Å². The Kier molecular flexibility index (Phi) is 8.28. The van der Waals surface area contributed by atoms with Crippen LogP contribution in [0.5, 0.6) is 5.75 Å². The second kappa shape index (κ2) is 11.1. The molecule has 3 aromatic rings. The lowest BCUT2D eigenvalue weighted by molar-refractivity contribution is 0.202. The molecule has 0 spiro atoms. The SMILES string of the molecule is O=S([O-])CN(Cc1ccccc1)c1cc(C(O)CCl)ccc1OCc1ccccc1. The zero-order chi connectivity index (χ0) is 21.3. The van der Waals surface area contributed by atoms with Crippen molar-refractivity contribution in [1.29, 1.82) is 0 Å². The number of nitrogens with zero attached hydrogens (tertiary/aromatic N) is 1. The molecule has 1 N–H and O–H groups in total. The molecule has 158 valence electrons. The Morgan fingerprint density at radius 2 is 1.63 bits per heavy atom. The summed E-state index contributed by atoms with van der Waals surface area (Å²) in [5.41, 5.74) is 3.14. The number of hydrogen-bond acceptors (Lipinski definition) is 5. The van der Waals surface area contributed by atoms with Crippen LogP contribution in [0.25, 0.3) is 0 Å². The molecule has 0 aromatic heterocycles. The molecule has 2 atom stereocenters. The lowest BCUT2D eigenvalue weighted by Gasteiger charge is -2.29. The van der Waals surface area contributed by atoms with E-state index in [1.807, 2.05) is 60.7 Å². The average molecular weight is 445 g/mol. The van der Waals surface area contributed by atoms with Crippen LogP contribution in [0.3, 0.4) is 0 Å². The molecular formula is C23H23ClNO4S-. The van der Waals surface area contributed by atoms with Gasteiger partial charge in [0.05, 0.1) is 23.5 Å². The number of hydrogen-bond donors (Lipinski definition) is 1. The van der Waals surface area contributed by atoms with Gasteiger partial charge in [-0.25, -0.2) is 0 Å². The molecule has 0 amide bonds. The van der Waals surface area contributed by atoms with E-state index in [2.05, 4.69) is 0 Å². The third kappa shape index (κ3) is 6.31. The van der Waals surface area contributed by atoms with Crippen LogP contribution in [-0.2, 0) is 24.2 Å². The van der Waals surface area contributed by atoms with Gasteiger partial charge in [-0.3, -0.25) is 4.21 Å². The summed E-state index contributed by atoms with van der Waals surface area (Å²) in [5.74, 6) is 0.359. The van der Waals surface area contributed by atoms with E-state index in [0.29, 0.717) is 30.2 Å². The normalized spacial score (nSPS) is 12.9. The van der Waals surface area contributed by atoms with Gasteiger partial charge in [0.25, 0.3) is 0 Å². The van der Waals surface area contributed by atoms with Crippen molar-refractivity contribution in [1.82, 2.24) is 0 Å². The molecule has 0 bridgehead atoms. The molecule has 0 saturated heterocycles. The Balaban J connectivity index is 1.95. The molecule has 0 aliphatic heterocycles. The number of halogens is 1. The van der Waals surface area contributed by atoms with E-state index in [-0.39, 0.29) is 11.8 Å². The van der Waals surface area contributed by atoms with E-state index in [0.717, 1.165) is 11.1 Å². The second-order valence-corrected chi connectivity index (χ2v) is 7.96. The molecule has 0 saturated carbocycles. The van der Waals surface area contributed by atoms with Gasteiger partial charge in [-0.1, -0.05) is 66.7 Å². The minimum atomic E-state index is -2.31. The number of anilines is 1. The Morgan fingerprint density at radius 3 is 2.23 bits per heavy atom. The number of rotatable bonds is 10. The highest BCUT2D eigenvalue weighted by atomic mass is 35.5. The van der Waals surface area contributed by atoms with Crippen LogP contribution in [0.1, 0.15) is 22.8 Å².